The molecule has 0 heterocycles. The fourth-order valence-corrected chi connectivity index (χ4v) is 1.62. The first kappa shape index (κ1) is 15.3. The molecule has 1 aromatic carbocycles. The van der Waals surface area contributed by atoms with E-state index >= 15 is 0 Å². The molecule has 19 heavy (non-hydrogen) atoms. The van der Waals surface area contributed by atoms with Crippen LogP contribution in [0.2, 0.25) is 0 Å². The van der Waals surface area contributed by atoms with Crippen LogP contribution in [0.4, 0.5) is 4.79 Å². The fraction of sp³-hybridized carbons (Fsp3) is 0.533. The number of ether oxygens (including phenoxy) is 1. The summed E-state index contributed by atoms with van der Waals surface area (Å²) >= 11 is 0. The van der Waals surface area contributed by atoms with Gasteiger partial charge in [-0.2, -0.15) is 0 Å². The van der Waals surface area contributed by atoms with Gasteiger partial charge in [-0.25, -0.2) is 4.79 Å². The predicted octanol–water partition coefficient (Wildman–Crippen LogP) is 3.08. The van der Waals surface area contributed by atoms with E-state index in [4.69, 9.17) is 4.74 Å². The molecule has 0 aliphatic heterocycles. The van der Waals surface area contributed by atoms with Gasteiger partial charge >= 0.3 is 6.03 Å². The van der Waals surface area contributed by atoms with Crippen molar-refractivity contribution in [2.45, 2.75) is 33.6 Å². The maximum absolute atomic E-state index is 11.7. The van der Waals surface area contributed by atoms with Crippen molar-refractivity contribution >= 4 is 6.03 Å². The third kappa shape index (κ3) is 5.20. The highest BCUT2D eigenvalue weighted by Crippen LogP contribution is 2.15. The zero-order valence-corrected chi connectivity index (χ0v) is 12.3. The molecule has 0 radical (unpaired) electrons. The van der Waals surface area contributed by atoms with Gasteiger partial charge in [-0.3, -0.25) is 0 Å². The number of carbonyl (C=O) groups excluding carboxylic acids is 1. The highest BCUT2D eigenvalue weighted by Gasteiger charge is 2.06. The molecule has 1 N–H and O–H groups in total. The monoisotopic (exact) mass is 264 g/mol. The topological polar surface area (TPSA) is 41.6 Å². The number of benzene rings is 1. The van der Waals surface area contributed by atoms with E-state index in [9.17, 15) is 4.79 Å². The quantitative estimate of drug-likeness (QED) is 0.802. The SMILES string of the molecule is CCCCN(C)C(=O)NCOc1ccc(C)c(C)c1. The van der Waals surface area contributed by atoms with Crippen molar-refractivity contribution in [1.82, 2.24) is 10.2 Å². The number of amides is 2. The summed E-state index contributed by atoms with van der Waals surface area (Å²) in [7, 11) is 1.79. The van der Waals surface area contributed by atoms with Gasteiger partial charge in [-0.05, 0) is 43.5 Å². The van der Waals surface area contributed by atoms with Crippen LogP contribution in [0.3, 0.4) is 0 Å². The van der Waals surface area contributed by atoms with Crippen LogP contribution in [0.5, 0.6) is 5.75 Å². The van der Waals surface area contributed by atoms with Crippen LogP contribution in [-0.4, -0.2) is 31.3 Å². The summed E-state index contributed by atoms with van der Waals surface area (Å²) in [6.45, 7) is 7.17. The Morgan fingerprint density at radius 3 is 2.68 bits per heavy atom. The molecular weight excluding hydrogens is 240 g/mol. The number of rotatable bonds is 6. The lowest BCUT2D eigenvalue weighted by molar-refractivity contribution is 0.193. The summed E-state index contributed by atoms with van der Waals surface area (Å²) in [5.74, 6) is 0.777. The van der Waals surface area contributed by atoms with E-state index in [1.807, 2.05) is 25.1 Å². The van der Waals surface area contributed by atoms with E-state index < -0.39 is 0 Å². The number of urea groups is 1. The Bertz CT molecular complexity index is 419. The molecule has 0 unspecified atom stereocenters. The van der Waals surface area contributed by atoms with Gasteiger partial charge in [-0.15, -0.1) is 0 Å². The molecule has 106 valence electrons. The van der Waals surface area contributed by atoms with Crippen molar-refractivity contribution in [1.29, 1.82) is 0 Å². The van der Waals surface area contributed by atoms with Gasteiger partial charge in [0.2, 0.25) is 0 Å². The molecule has 2 amide bonds. The van der Waals surface area contributed by atoms with E-state index in [1.54, 1.807) is 11.9 Å². The largest absolute Gasteiger partial charge is 0.473 e. The molecule has 0 fully saturated rings. The first-order valence-corrected chi connectivity index (χ1v) is 6.73. The van der Waals surface area contributed by atoms with Gasteiger partial charge in [0.15, 0.2) is 6.73 Å². The van der Waals surface area contributed by atoms with Gasteiger partial charge in [0.25, 0.3) is 0 Å². The number of hydrogen-bond acceptors (Lipinski definition) is 2. The number of aryl methyl sites for hydroxylation is 2. The summed E-state index contributed by atoms with van der Waals surface area (Å²) < 4.78 is 5.51. The van der Waals surface area contributed by atoms with Crippen molar-refractivity contribution < 1.29 is 9.53 Å². The van der Waals surface area contributed by atoms with Gasteiger partial charge < -0.3 is 15.0 Å². The first-order chi connectivity index (χ1) is 9.04. The summed E-state index contributed by atoms with van der Waals surface area (Å²) in [4.78, 5) is 13.4. The lowest BCUT2D eigenvalue weighted by atomic mass is 10.1. The summed E-state index contributed by atoms with van der Waals surface area (Å²) in [5.41, 5.74) is 2.42. The molecule has 4 nitrogen and oxygen atoms in total. The van der Waals surface area contributed by atoms with Crippen LogP contribution in [0.15, 0.2) is 18.2 Å². The van der Waals surface area contributed by atoms with Gasteiger partial charge in [0.05, 0.1) is 0 Å². The van der Waals surface area contributed by atoms with Crippen LogP contribution >= 0.6 is 0 Å². The molecular formula is C15H24N2O2. The second-order valence-electron chi connectivity index (χ2n) is 4.79. The van der Waals surface area contributed by atoms with Gasteiger partial charge in [0, 0.05) is 13.6 Å². The minimum Gasteiger partial charge on any atom is -0.473 e. The molecule has 0 atom stereocenters. The molecule has 0 aliphatic carbocycles. The smallest absolute Gasteiger partial charge is 0.319 e. The molecule has 0 saturated heterocycles. The minimum absolute atomic E-state index is 0.0997. The Labute approximate surface area is 115 Å². The number of unbranched alkanes of at least 4 members (excludes halogenated alkanes) is 1. The normalized spacial score (nSPS) is 10.1. The lowest BCUT2D eigenvalue weighted by Gasteiger charge is -2.17. The standard InChI is InChI=1S/C15H24N2O2/c1-5-6-9-17(4)15(18)16-11-19-14-8-7-12(2)13(3)10-14/h7-8,10H,5-6,9,11H2,1-4H3,(H,16,18). The van der Waals surface area contributed by atoms with Crippen LogP contribution in [0.25, 0.3) is 0 Å². The van der Waals surface area contributed by atoms with E-state index in [1.165, 1.54) is 11.1 Å². The average molecular weight is 264 g/mol. The highest BCUT2D eigenvalue weighted by atomic mass is 16.5. The zero-order chi connectivity index (χ0) is 14.3. The van der Waals surface area contributed by atoms with Crippen LogP contribution in [-0.2, 0) is 0 Å². The molecule has 0 aromatic heterocycles. The minimum atomic E-state index is -0.0997. The van der Waals surface area contributed by atoms with Gasteiger partial charge in [0.1, 0.15) is 5.75 Å². The Morgan fingerprint density at radius 1 is 1.32 bits per heavy atom. The van der Waals surface area contributed by atoms with Crippen molar-refractivity contribution in [2.24, 2.45) is 0 Å². The Balaban J connectivity index is 2.33. The van der Waals surface area contributed by atoms with Crippen molar-refractivity contribution in [3.63, 3.8) is 0 Å². The van der Waals surface area contributed by atoms with Crippen LogP contribution in [0.1, 0.15) is 30.9 Å². The Hall–Kier alpha value is -1.71. The molecule has 0 bridgehead atoms. The van der Waals surface area contributed by atoms with E-state index in [2.05, 4.69) is 19.2 Å². The van der Waals surface area contributed by atoms with E-state index in [0.717, 1.165) is 25.1 Å². The zero-order valence-electron chi connectivity index (χ0n) is 12.3. The summed E-state index contributed by atoms with van der Waals surface area (Å²) in [6.07, 6.45) is 2.10. The predicted molar refractivity (Wildman–Crippen MR) is 77.5 cm³/mol. The van der Waals surface area contributed by atoms with Crippen molar-refractivity contribution in [3.05, 3.63) is 29.3 Å². The summed E-state index contributed by atoms with van der Waals surface area (Å²) in [6, 6.07) is 5.80. The maximum Gasteiger partial charge on any atom is 0.319 e. The van der Waals surface area contributed by atoms with Crippen LogP contribution in [0, 0.1) is 13.8 Å². The Kier molecular flexibility index (Phi) is 6.19. The molecule has 4 heteroatoms. The second kappa shape index (κ2) is 7.67. The molecule has 0 spiro atoms. The number of hydrogen-bond donors (Lipinski definition) is 1. The maximum atomic E-state index is 11.7. The van der Waals surface area contributed by atoms with Crippen molar-refractivity contribution in [3.8, 4) is 5.75 Å². The summed E-state index contributed by atoms with van der Waals surface area (Å²) in [5, 5.41) is 2.74. The van der Waals surface area contributed by atoms with E-state index in [0.29, 0.717) is 0 Å². The van der Waals surface area contributed by atoms with Crippen LogP contribution < -0.4 is 10.1 Å². The third-order valence-corrected chi connectivity index (χ3v) is 3.13. The molecule has 0 aliphatic rings. The number of nitrogens with one attached hydrogen (secondary N) is 1. The molecule has 1 aromatic rings. The van der Waals surface area contributed by atoms with Crippen molar-refractivity contribution in [2.75, 3.05) is 20.3 Å². The number of nitrogens with zero attached hydrogens (tertiary/aromatic N) is 1. The Morgan fingerprint density at radius 2 is 2.05 bits per heavy atom. The second-order valence-corrected chi connectivity index (χ2v) is 4.79. The molecule has 1 rings (SSSR count). The highest BCUT2D eigenvalue weighted by molar-refractivity contribution is 5.73. The third-order valence-electron chi connectivity index (χ3n) is 3.13. The molecule has 0 saturated carbocycles. The number of carbonyl (C=O) groups is 1. The van der Waals surface area contributed by atoms with Gasteiger partial charge in [-0.1, -0.05) is 19.4 Å². The fourth-order valence-electron chi connectivity index (χ4n) is 1.62. The lowest BCUT2D eigenvalue weighted by Crippen LogP contribution is -2.39. The average Bonchev–Trinajstić information content (AvgIpc) is 2.39. The first-order valence-electron chi connectivity index (χ1n) is 6.73. The van der Waals surface area contributed by atoms with E-state index in [-0.39, 0.29) is 12.8 Å².